The van der Waals surface area contributed by atoms with Crippen LogP contribution >= 0.6 is 0 Å². The van der Waals surface area contributed by atoms with E-state index in [4.69, 9.17) is 0 Å². The summed E-state index contributed by atoms with van der Waals surface area (Å²) in [6, 6.07) is 1.15. The molecule has 1 N–H and O–H groups in total. The summed E-state index contributed by atoms with van der Waals surface area (Å²) in [7, 11) is 2.30. The molecule has 0 spiro atoms. The van der Waals surface area contributed by atoms with Crippen LogP contribution in [-0.2, 0) is 19.1 Å². The number of halogens is 2. The maximum Gasteiger partial charge on any atom is 0.330 e. The van der Waals surface area contributed by atoms with E-state index in [1.54, 1.807) is 0 Å². The van der Waals surface area contributed by atoms with Crippen molar-refractivity contribution in [2.75, 3.05) is 14.2 Å². The highest BCUT2D eigenvalue weighted by molar-refractivity contribution is 5.96. The zero-order valence-electron chi connectivity index (χ0n) is 12.5. The molecular formula is C15H15F2NO5. The molecule has 0 aliphatic heterocycles. The Morgan fingerprint density at radius 2 is 1.74 bits per heavy atom. The topological polar surface area (TPSA) is 81.7 Å². The minimum Gasteiger partial charge on any atom is -0.467 e. The van der Waals surface area contributed by atoms with Crippen LogP contribution in [0.5, 0.6) is 0 Å². The maximum absolute atomic E-state index is 13.1. The molecule has 124 valence electrons. The molecule has 8 heteroatoms. The van der Waals surface area contributed by atoms with Crippen molar-refractivity contribution in [1.82, 2.24) is 5.32 Å². The van der Waals surface area contributed by atoms with Gasteiger partial charge in [0.05, 0.1) is 14.2 Å². The largest absolute Gasteiger partial charge is 0.467 e. The standard InChI is InChI=1S/C15H15F2NO5/c1-22-13(19)5-3-4-12(15(21)23-2)18-14(20)9-6-10(16)8-11(17)7-9/h3,5-8,12H,4H2,1-2H3,(H,18,20)/b5-3+/t12-/m0/s1. The molecule has 6 nitrogen and oxygen atoms in total. The highest BCUT2D eigenvalue weighted by Gasteiger charge is 2.21. The van der Waals surface area contributed by atoms with E-state index in [1.807, 2.05) is 0 Å². The van der Waals surface area contributed by atoms with E-state index in [0.717, 1.165) is 25.3 Å². The van der Waals surface area contributed by atoms with Crippen molar-refractivity contribution < 1.29 is 32.6 Å². The lowest BCUT2D eigenvalue weighted by molar-refractivity contribution is -0.143. The van der Waals surface area contributed by atoms with Crippen LogP contribution < -0.4 is 5.32 Å². The Kier molecular flexibility index (Phi) is 6.85. The maximum atomic E-state index is 13.1. The van der Waals surface area contributed by atoms with Crippen molar-refractivity contribution in [3.63, 3.8) is 0 Å². The molecule has 0 unspecified atom stereocenters. The summed E-state index contributed by atoms with van der Waals surface area (Å²) in [5, 5.41) is 2.28. The van der Waals surface area contributed by atoms with Gasteiger partial charge in [0.15, 0.2) is 0 Å². The SMILES string of the molecule is COC(=O)/C=C/C[C@H](NC(=O)c1cc(F)cc(F)c1)C(=O)OC. The van der Waals surface area contributed by atoms with Crippen LogP contribution in [0.15, 0.2) is 30.4 Å². The van der Waals surface area contributed by atoms with E-state index in [0.29, 0.717) is 6.07 Å². The van der Waals surface area contributed by atoms with Crippen LogP contribution in [0.2, 0.25) is 0 Å². The molecule has 0 aliphatic carbocycles. The lowest BCUT2D eigenvalue weighted by Gasteiger charge is -2.15. The van der Waals surface area contributed by atoms with Gasteiger partial charge < -0.3 is 14.8 Å². The molecule has 0 saturated carbocycles. The lowest BCUT2D eigenvalue weighted by atomic mass is 10.1. The Balaban J connectivity index is 2.83. The molecular weight excluding hydrogens is 312 g/mol. The number of ether oxygens (including phenoxy) is 2. The first-order valence-corrected chi connectivity index (χ1v) is 6.46. The van der Waals surface area contributed by atoms with Crippen LogP contribution in [0, 0.1) is 11.6 Å². The minimum atomic E-state index is -1.13. The van der Waals surface area contributed by atoms with Crippen LogP contribution in [0.4, 0.5) is 8.78 Å². The van der Waals surface area contributed by atoms with Crippen molar-refractivity contribution in [3.8, 4) is 0 Å². The second kappa shape index (κ2) is 8.62. The Morgan fingerprint density at radius 1 is 1.13 bits per heavy atom. The molecule has 0 bridgehead atoms. The van der Waals surface area contributed by atoms with Gasteiger partial charge in [-0.3, -0.25) is 4.79 Å². The molecule has 1 atom stereocenters. The number of hydrogen-bond acceptors (Lipinski definition) is 5. The van der Waals surface area contributed by atoms with Crippen LogP contribution in [0.25, 0.3) is 0 Å². The van der Waals surface area contributed by atoms with E-state index in [-0.39, 0.29) is 12.0 Å². The molecule has 0 aliphatic rings. The first kappa shape index (κ1) is 18.3. The Hall–Kier alpha value is -2.77. The molecule has 0 heterocycles. The van der Waals surface area contributed by atoms with Crippen molar-refractivity contribution >= 4 is 17.8 Å². The number of nitrogens with one attached hydrogen (secondary N) is 1. The summed E-state index contributed by atoms with van der Waals surface area (Å²) >= 11 is 0. The molecule has 23 heavy (non-hydrogen) atoms. The number of benzene rings is 1. The monoisotopic (exact) mass is 327 g/mol. The minimum absolute atomic E-state index is 0.0642. The first-order valence-electron chi connectivity index (χ1n) is 6.46. The Morgan fingerprint density at radius 3 is 2.26 bits per heavy atom. The normalized spacial score (nSPS) is 11.8. The predicted octanol–water partition coefficient (Wildman–Crippen LogP) is 1.36. The number of methoxy groups -OCH3 is 2. The van der Waals surface area contributed by atoms with E-state index in [2.05, 4.69) is 14.8 Å². The van der Waals surface area contributed by atoms with Gasteiger partial charge >= 0.3 is 11.9 Å². The van der Waals surface area contributed by atoms with Gasteiger partial charge in [-0.25, -0.2) is 18.4 Å². The highest BCUT2D eigenvalue weighted by atomic mass is 19.1. The lowest BCUT2D eigenvalue weighted by Crippen LogP contribution is -2.41. The number of esters is 2. The summed E-state index contributed by atoms with van der Waals surface area (Å²) in [6.45, 7) is 0. The van der Waals surface area contributed by atoms with E-state index >= 15 is 0 Å². The third-order valence-corrected chi connectivity index (χ3v) is 2.74. The number of carbonyl (C=O) groups is 3. The summed E-state index contributed by atoms with van der Waals surface area (Å²) in [4.78, 5) is 34.5. The summed E-state index contributed by atoms with van der Waals surface area (Å²) < 4.78 is 35.1. The van der Waals surface area contributed by atoms with Gasteiger partial charge in [-0.2, -0.15) is 0 Å². The van der Waals surface area contributed by atoms with Crippen molar-refractivity contribution in [3.05, 3.63) is 47.5 Å². The molecule has 0 aromatic heterocycles. The van der Waals surface area contributed by atoms with Gasteiger partial charge in [0.2, 0.25) is 0 Å². The summed E-state index contributed by atoms with van der Waals surface area (Å²) in [5.74, 6) is -4.10. The second-order valence-electron chi connectivity index (χ2n) is 4.37. The fourth-order valence-corrected chi connectivity index (χ4v) is 1.65. The van der Waals surface area contributed by atoms with Gasteiger partial charge in [0, 0.05) is 17.7 Å². The smallest absolute Gasteiger partial charge is 0.330 e. The zero-order valence-corrected chi connectivity index (χ0v) is 12.5. The van der Waals surface area contributed by atoms with Gasteiger partial charge in [-0.1, -0.05) is 6.08 Å². The second-order valence-corrected chi connectivity index (χ2v) is 4.37. The molecule has 1 rings (SSSR count). The fraction of sp³-hybridized carbons (Fsp3) is 0.267. The third kappa shape index (κ3) is 5.85. The van der Waals surface area contributed by atoms with Crippen LogP contribution in [-0.4, -0.2) is 38.1 Å². The van der Waals surface area contributed by atoms with Gasteiger partial charge in [0.1, 0.15) is 17.7 Å². The molecule has 0 fully saturated rings. The summed E-state index contributed by atoms with van der Waals surface area (Å²) in [5.41, 5.74) is -0.284. The quantitative estimate of drug-likeness (QED) is 0.630. The fourth-order valence-electron chi connectivity index (χ4n) is 1.65. The first-order chi connectivity index (χ1) is 10.9. The van der Waals surface area contributed by atoms with Crippen molar-refractivity contribution in [1.29, 1.82) is 0 Å². The molecule has 0 saturated heterocycles. The van der Waals surface area contributed by atoms with E-state index in [9.17, 15) is 23.2 Å². The van der Waals surface area contributed by atoms with Crippen LogP contribution in [0.3, 0.4) is 0 Å². The molecule has 0 radical (unpaired) electrons. The highest BCUT2D eigenvalue weighted by Crippen LogP contribution is 2.09. The van der Waals surface area contributed by atoms with E-state index < -0.39 is 35.5 Å². The number of amides is 1. The summed E-state index contributed by atoms with van der Waals surface area (Å²) in [6.07, 6.45) is 2.31. The number of rotatable bonds is 6. The third-order valence-electron chi connectivity index (χ3n) is 2.74. The predicted molar refractivity (Wildman–Crippen MR) is 75.4 cm³/mol. The average molecular weight is 327 g/mol. The molecule has 1 amide bonds. The van der Waals surface area contributed by atoms with E-state index in [1.165, 1.54) is 13.2 Å². The van der Waals surface area contributed by atoms with Crippen LogP contribution in [0.1, 0.15) is 16.8 Å². The average Bonchev–Trinajstić information content (AvgIpc) is 2.51. The number of carbonyl (C=O) groups excluding carboxylic acids is 3. The molecule has 1 aromatic rings. The van der Waals surface area contributed by atoms with Gasteiger partial charge in [-0.05, 0) is 18.6 Å². The van der Waals surface area contributed by atoms with Gasteiger partial charge in [0.25, 0.3) is 5.91 Å². The Labute approximate surface area is 131 Å². The van der Waals surface area contributed by atoms with Crippen molar-refractivity contribution in [2.45, 2.75) is 12.5 Å². The number of hydrogen-bond donors (Lipinski definition) is 1. The van der Waals surface area contributed by atoms with Crippen molar-refractivity contribution in [2.24, 2.45) is 0 Å². The van der Waals surface area contributed by atoms with Gasteiger partial charge in [-0.15, -0.1) is 0 Å². The Bertz CT molecular complexity index is 610. The zero-order chi connectivity index (χ0) is 17.4. The molecule has 1 aromatic carbocycles.